The van der Waals surface area contributed by atoms with Crippen LogP contribution in [0.1, 0.15) is 17.3 Å². The van der Waals surface area contributed by atoms with Crippen LogP contribution in [0.5, 0.6) is 0 Å². The van der Waals surface area contributed by atoms with Gasteiger partial charge in [-0.25, -0.2) is 0 Å². The van der Waals surface area contributed by atoms with Gasteiger partial charge in [0.05, 0.1) is 0 Å². The number of benzene rings is 2. The lowest BCUT2D eigenvalue weighted by Crippen LogP contribution is -2.31. The summed E-state index contributed by atoms with van der Waals surface area (Å²) in [6.07, 6.45) is 2.00. The Hall–Kier alpha value is -2.47. The van der Waals surface area contributed by atoms with Crippen LogP contribution < -0.4 is 16.4 Å². The molecule has 6 heteroatoms. The Morgan fingerprint density at radius 2 is 1.78 bits per heavy atom. The van der Waals surface area contributed by atoms with Crippen molar-refractivity contribution in [1.29, 1.82) is 0 Å². The molecule has 1 unspecified atom stereocenters. The van der Waals surface area contributed by atoms with Gasteiger partial charge in [-0.15, -0.1) is 11.8 Å². The Morgan fingerprint density at radius 1 is 1.09 bits per heavy atom. The van der Waals surface area contributed by atoms with E-state index < -0.39 is 11.9 Å². The number of hydrogen-bond acceptors (Lipinski definition) is 4. The van der Waals surface area contributed by atoms with Crippen LogP contribution in [0.2, 0.25) is 0 Å². The second-order valence-corrected chi connectivity index (χ2v) is 5.91. The van der Waals surface area contributed by atoms with Crippen LogP contribution in [0.15, 0.2) is 53.4 Å². The van der Waals surface area contributed by atoms with Gasteiger partial charge in [0.2, 0.25) is 11.8 Å². The van der Waals surface area contributed by atoms with Crippen molar-refractivity contribution in [1.82, 2.24) is 0 Å². The number of nitrogens with two attached hydrogens (primary N) is 1. The van der Waals surface area contributed by atoms with E-state index in [1.807, 2.05) is 30.5 Å². The van der Waals surface area contributed by atoms with Crippen molar-refractivity contribution in [3.63, 3.8) is 0 Å². The van der Waals surface area contributed by atoms with Crippen molar-refractivity contribution in [3.8, 4) is 0 Å². The Balaban J connectivity index is 1.97. The molecule has 0 saturated heterocycles. The van der Waals surface area contributed by atoms with E-state index in [0.717, 1.165) is 10.6 Å². The van der Waals surface area contributed by atoms with Crippen molar-refractivity contribution < 1.29 is 9.59 Å². The molecule has 2 rings (SSSR count). The topological polar surface area (TPSA) is 84.2 Å². The van der Waals surface area contributed by atoms with E-state index in [2.05, 4.69) is 10.6 Å². The summed E-state index contributed by atoms with van der Waals surface area (Å²) in [7, 11) is 0. The summed E-state index contributed by atoms with van der Waals surface area (Å²) in [6, 6.07) is 13.9. The predicted octanol–water partition coefficient (Wildman–Crippen LogP) is 2.95. The summed E-state index contributed by atoms with van der Waals surface area (Å²) in [5, 5.41) is 5.96. The van der Waals surface area contributed by atoms with Crippen LogP contribution in [0.3, 0.4) is 0 Å². The Kier molecular flexibility index (Phi) is 5.65. The highest BCUT2D eigenvalue weighted by molar-refractivity contribution is 7.98. The standard InChI is InChI=1S/C17H19N3O2S/c1-11(19-14-4-3-5-15(10-14)23-2)17(22)20-13-8-6-12(7-9-13)16(18)21/h3-11,19H,1-2H3,(H2,18,21)(H,20,22). The number of carbonyl (C=O) groups is 2. The number of rotatable bonds is 6. The quantitative estimate of drug-likeness (QED) is 0.711. The van der Waals surface area contributed by atoms with Gasteiger partial charge in [-0.1, -0.05) is 6.07 Å². The van der Waals surface area contributed by atoms with E-state index >= 15 is 0 Å². The van der Waals surface area contributed by atoms with Gasteiger partial charge in [0.1, 0.15) is 6.04 Å². The van der Waals surface area contributed by atoms with E-state index in [0.29, 0.717) is 11.3 Å². The average Bonchev–Trinajstić information content (AvgIpc) is 2.55. The van der Waals surface area contributed by atoms with Crippen LogP contribution in [0, 0.1) is 0 Å². The molecule has 0 aromatic heterocycles. The Bertz CT molecular complexity index is 701. The van der Waals surface area contributed by atoms with Crippen molar-refractivity contribution in [3.05, 3.63) is 54.1 Å². The van der Waals surface area contributed by atoms with Crippen molar-refractivity contribution in [2.24, 2.45) is 5.73 Å². The van der Waals surface area contributed by atoms with Crippen LogP contribution in [-0.4, -0.2) is 24.1 Å². The minimum atomic E-state index is -0.494. The van der Waals surface area contributed by atoms with Crippen LogP contribution in [-0.2, 0) is 4.79 Å². The van der Waals surface area contributed by atoms with Crippen molar-refractivity contribution in [2.45, 2.75) is 17.9 Å². The third kappa shape index (κ3) is 4.75. The van der Waals surface area contributed by atoms with Gasteiger partial charge in [-0.3, -0.25) is 9.59 Å². The van der Waals surface area contributed by atoms with Gasteiger partial charge in [0, 0.05) is 21.8 Å². The van der Waals surface area contributed by atoms with Gasteiger partial charge in [0.25, 0.3) is 0 Å². The molecule has 4 N–H and O–H groups in total. The van der Waals surface area contributed by atoms with Crippen LogP contribution in [0.4, 0.5) is 11.4 Å². The Morgan fingerprint density at radius 3 is 2.39 bits per heavy atom. The van der Waals surface area contributed by atoms with Crippen LogP contribution in [0.25, 0.3) is 0 Å². The van der Waals surface area contributed by atoms with Gasteiger partial charge in [0.15, 0.2) is 0 Å². The van der Waals surface area contributed by atoms with Gasteiger partial charge < -0.3 is 16.4 Å². The lowest BCUT2D eigenvalue weighted by Gasteiger charge is -2.16. The molecular weight excluding hydrogens is 310 g/mol. The maximum Gasteiger partial charge on any atom is 0.248 e. The maximum atomic E-state index is 12.2. The third-order valence-corrected chi connectivity index (χ3v) is 4.01. The highest BCUT2D eigenvalue weighted by atomic mass is 32.2. The molecule has 0 saturated carbocycles. The van der Waals surface area contributed by atoms with Gasteiger partial charge in [-0.05, 0) is 55.6 Å². The molecule has 2 amide bonds. The molecular formula is C17H19N3O2S. The number of hydrogen-bond donors (Lipinski definition) is 3. The number of primary amides is 1. The lowest BCUT2D eigenvalue weighted by molar-refractivity contribution is -0.116. The van der Waals surface area contributed by atoms with E-state index in [-0.39, 0.29) is 5.91 Å². The molecule has 0 aliphatic rings. The molecule has 0 spiro atoms. The highest BCUT2D eigenvalue weighted by Gasteiger charge is 2.13. The summed E-state index contributed by atoms with van der Waals surface area (Å²) in [4.78, 5) is 24.4. The molecule has 5 nitrogen and oxygen atoms in total. The molecule has 1 atom stereocenters. The van der Waals surface area contributed by atoms with E-state index in [1.165, 1.54) is 0 Å². The fourth-order valence-corrected chi connectivity index (χ4v) is 2.46. The molecule has 120 valence electrons. The number of carbonyl (C=O) groups excluding carboxylic acids is 2. The van der Waals surface area contributed by atoms with Gasteiger partial charge >= 0.3 is 0 Å². The minimum absolute atomic E-state index is 0.161. The largest absolute Gasteiger partial charge is 0.374 e. The molecule has 23 heavy (non-hydrogen) atoms. The van der Waals surface area contributed by atoms with E-state index in [1.54, 1.807) is 43.0 Å². The first-order valence-corrected chi connectivity index (χ1v) is 8.33. The predicted molar refractivity (Wildman–Crippen MR) is 94.9 cm³/mol. The fraction of sp³-hybridized carbons (Fsp3) is 0.176. The second-order valence-electron chi connectivity index (χ2n) is 5.03. The minimum Gasteiger partial charge on any atom is -0.374 e. The number of nitrogens with one attached hydrogen (secondary N) is 2. The fourth-order valence-electron chi connectivity index (χ4n) is 2.00. The molecule has 0 radical (unpaired) electrons. The zero-order valence-corrected chi connectivity index (χ0v) is 13.8. The summed E-state index contributed by atoms with van der Waals surface area (Å²) >= 11 is 1.65. The molecule has 2 aromatic carbocycles. The Labute approximate surface area is 139 Å². The smallest absolute Gasteiger partial charge is 0.248 e. The molecule has 2 aromatic rings. The molecule has 0 fully saturated rings. The summed E-state index contributed by atoms with van der Waals surface area (Å²) in [5.74, 6) is -0.655. The van der Waals surface area contributed by atoms with Crippen LogP contribution >= 0.6 is 11.8 Å². The van der Waals surface area contributed by atoms with Crippen molar-refractivity contribution >= 4 is 35.0 Å². The third-order valence-electron chi connectivity index (χ3n) is 3.28. The zero-order valence-electron chi connectivity index (χ0n) is 13.0. The molecule has 0 bridgehead atoms. The second kappa shape index (κ2) is 7.69. The SMILES string of the molecule is CSc1cccc(NC(C)C(=O)Nc2ccc(C(N)=O)cc2)c1. The number of anilines is 2. The normalized spacial score (nSPS) is 11.6. The summed E-state index contributed by atoms with van der Waals surface area (Å²) < 4.78 is 0. The molecule has 0 aliphatic heterocycles. The first-order valence-electron chi connectivity index (χ1n) is 7.11. The molecule has 0 aliphatic carbocycles. The number of amides is 2. The monoisotopic (exact) mass is 329 g/mol. The summed E-state index contributed by atoms with van der Waals surface area (Å²) in [6.45, 7) is 1.79. The lowest BCUT2D eigenvalue weighted by atomic mass is 10.2. The van der Waals surface area contributed by atoms with E-state index in [4.69, 9.17) is 5.73 Å². The summed E-state index contributed by atoms with van der Waals surface area (Å²) in [5.41, 5.74) is 7.10. The van der Waals surface area contributed by atoms with E-state index in [9.17, 15) is 9.59 Å². The zero-order chi connectivity index (χ0) is 16.8. The maximum absolute atomic E-state index is 12.2. The number of thioether (sulfide) groups is 1. The van der Waals surface area contributed by atoms with Gasteiger partial charge in [-0.2, -0.15) is 0 Å². The average molecular weight is 329 g/mol. The first-order chi connectivity index (χ1) is 11.0. The highest BCUT2D eigenvalue weighted by Crippen LogP contribution is 2.19. The molecule has 0 heterocycles. The van der Waals surface area contributed by atoms with Crippen molar-refractivity contribution in [2.75, 3.05) is 16.9 Å². The first kappa shape index (κ1) is 16.9.